The first-order chi connectivity index (χ1) is 8.32. The molecule has 1 saturated heterocycles. The molecule has 1 fully saturated rings. The smallest absolute Gasteiger partial charge is 0.326 e. The van der Waals surface area contributed by atoms with Gasteiger partial charge in [-0.3, -0.25) is 9.59 Å². The number of aliphatic hydroxyl groups excluding tert-OH is 1. The summed E-state index contributed by atoms with van der Waals surface area (Å²) >= 11 is 0. The van der Waals surface area contributed by atoms with Gasteiger partial charge in [0.15, 0.2) is 0 Å². The number of hydrogen-bond acceptors (Lipinski definition) is 5. The van der Waals surface area contributed by atoms with Crippen LogP contribution in [0.4, 0.5) is 0 Å². The van der Waals surface area contributed by atoms with Gasteiger partial charge in [0.25, 0.3) is 0 Å². The van der Waals surface area contributed by atoms with Gasteiger partial charge in [0.1, 0.15) is 6.04 Å². The summed E-state index contributed by atoms with van der Waals surface area (Å²) in [4.78, 5) is 34.1. The molecule has 0 aromatic rings. The number of amides is 1. The number of carboxylic acid groups (broad SMARTS) is 2. The van der Waals surface area contributed by atoms with Gasteiger partial charge in [-0.2, -0.15) is 0 Å². The maximum Gasteiger partial charge on any atom is 0.326 e. The van der Waals surface area contributed by atoms with E-state index in [9.17, 15) is 19.5 Å². The Morgan fingerprint density at radius 3 is 2.44 bits per heavy atom. The topological polar surface area (TPSA) is 141 Å². The number of β-amino-alcohol motifs (C(OH)–C–C–N with tert-alkyl or cyclic N) is 1. The first-order valence-electron chi connectivity index (χ1n) is 5.51. The summed E-state index contributed by atoms with van der Waals surface area (Å²) in [5, 5.41) is 26.8. The van der Waals surface area contributed by atoms with E-state index >= 15 is 0 Å². The third kappa shape index (κ3) is 3.41. The molecule has 5 N–H and O–H groups in total. The number of carbonyl (C=O) groups is 3. The monoisotopic (exact) mass is 260 g/mol. The number of carboxylic acids is 2. The van der Waals surface area contributed by atoms with Crippen molar-refractivity contribution in [3.8, 4) is 0 Å². The Kier molecular flexibility index (Phi) is 4.62. The molecule has 0 aliphatic carbocycles. The molecular weight excluding hydrogens is 244 g/mol. The van der Waals surface area contributed by atoms with E-state index in [1.807, 2.05) is 0 Å². The lowest BCUT2D eigenvalue weighted by Gasteiger charge is -2.24. The summed E-state index contributed by atoms with van der Waals surface area (Å²) in [5.74, 6) is -2.92. The van der Waals surface area contributed by atoms with E-state index in [4.69, 9.17) is 15.9 Å². The molecule has 3 atom stereocenters. The van der Waals surface area contributed by atoms with Crippen molar-refractivity contribution >= 4 is 17.8 Å². The molecular formula is C10H16N2O6. The van der Waals surface area contributed by atoms with Gasteiger partial charge in [-0.15, -0.1) is 0 Å². The normalized spacial score (nSPS) is 24.9. The summed E-state index contributed by atoms with van der Waals surface area (Å²) in [6.07, 6.45) is -1.25. The lowest BCUT2D eigenvalue weighted by molar-refractivity contribution is -0.149. The third-order valence-electron chi connectivity index (χ3n) is 2.83. The molecule has 0 aromatic carbocycles. The van der Waals surface area contributed by atoms with Crippen LogP contribution in [0.25, 0.3) is 0 Å². The van der Waals surface area contributed by atoms with Crippen LogP contribution in [-0.2, 0) is 14.4 Å². The van der Waals surface area contributed by atoms with Gasteiger partial charge in [0.05, 0.1) is 12.1 Å². The van der Waals surface area contributed by atoms with Crippen LogP contribution in [0.1, 0.15) is 19.3 Å². The molecule has 0 saturated carbocycles. The molecule has 0 bridgehead atoms. The second kappa shape index (κ2) is 5.78. The molecule has 0 aromatic heterocycles. The number of nitrogens with two attached hydrogens (primary N) is 1. The maximum absolute atomic E-state index is 11.9. The molecule has 1 rings (SSSR count). The Hall–Kier alpha value is -1.67. The van der Waals surface area contributed by atoms with E-state index in [1.165, 1.54) is 0 Å². The van der Waals surface area contributed by atoms with Crippen LogP contribution in [0.2, 0.25) is 0 Å². The average Bonchev–Trinajstić information content (AvgIpc) is 2.67. The Morgan fingerprint density at radius 1 is 1.33 bits per heavy atom. The van der Waals surface area contributed by atoms with Gasteiger partial charge >= 0.3 is 11.9 Å². The minimum Gasteiger partial charge on any atom is -0.481 e. The standard InChI is InChI=1S/C10H16N2O6/c11-6(1-2-8(14)15)9(16)12-4-5(13)3-7(12)10(17)18/h5-7,13H,1-4,11H2,(H,14,15)(H,17,18)/t5-,6+,7+/m1/s1. The fourth-order valence-electron chi connectivity index (χ4n) is 1.91. The summed E-state index contributed by atoms with van der Waals surface area (Å²) in [6.45, 7) is -0.0867. The first-order valence-corrected chi connectivity index (χ1v) is 5.51. The van der Waals surface area contributed by atoms with Crippen molar-refractivity contribution in [1.82, 2.24) is 4.90 Å². The number of nitrogens with zero attached hydrogens (tertiary/aromatic N) is 1. The predicted molar refractivity (Wildman–Crippen MR) is 58.6 cm³/mol. The number of aliphatic carboxylic acids is 2. The maximum atomic E-state index is 11.9. The highest BCUT2D eigenvalue weighted by molar-refractivity contribution is 5.87. The van der Waals surface area contributed by atoms with Gasteiger partial charge in [0, 0.05) is 19.4 Å². The number of hydrogen-bond donors (Lipinski definition) is 4. The molecule has 0 spiro atoms. The molecule has 8 heteroatoms. The molecule has 1 amide bonds. The Balaban J connectivity index is 2.64. The quantitative estimate of drug-likeness (QED) is 0.458. The summed E-state index contributed by atoms with van der Waals surface area (Å²) in [5.41, 5.74) is 5.52. The zero-order chi connectivity index (χ0) is 13.9. The summed E-state index contributed by atoms with van der Waals surface area (Å²) in [7, 11) is 0. The molecule has 1 aliphatic rings. The van der Waals surface area contributed by atoms with Crippen LogP contribution in [0.3, 0.4) is 0 Å². The second-order valence-electron chi connectivity index (χ2n) is 4.27. The van der Waals surface area contributed by atoms with Gasteiger partial charge in [-0.25, -0.2) is 4.79 Å². The van der Waals surface area contributed by atoms with Crippen LogP contribution in [0.15, 0.2) is 0 Å². The number of aliphatic hydroxyl groups is 1. The molecule has 18 heavy (non-hydrogen) atoms. The molecule has 0 unspecified atom stereocenters. The van der Waals surface area contributed by atoms with Crippen LogP contribution < -0.4 is 5.73 Å². The Labute approximate surface area is 103 Å². The molecule has 8 nitrogen and oxygen atoms in total. The minimum absolute atomic E-state index is 0.0350. The average molecular weight is 260 g/mol. The van der Waals surface area contributed by atoms with Crippen molar-refractivity contribution in [2.24, 2.45) is 5.73 Å². The fourth-order valence-corrected chi connectivity index (χ4v) is 1.91. The van der Waals surface area contributed by atoms with Crippen LogP contribution in [0.5, 0.6) is 0 Å². The van der Waals surface area contributed by atoms with Gasteiger partial charge in [-0.1, -0.05) is 0 Å². The largest absolute Gasteiger partial charge is 0.481 e. The fraction of sp³-hybridized carbons (Fsp3) is 0.700. The highest BCUT2D eigenvalue weighted by Gasteiger charge is 2.40. The third-order valence-corrected chi connectivity index (χ3v) is 2.83. The van der Waals surface area contributed by atoms with Crippen molar-refractivity contribution in [2.75, 3.05) is 6.54 Å². The van der Waals surface area contributed by atoms with Crippen molar-refractivity contribution in [1.29, 1.82) is 0 Å². The van der Waals surface area contributed by atoms with Gasteiger partial charge in [0.2, 0.25) is 5.91 Å². The van der Waals surface area contributed by atoms with E-state index < -0.39 is 36.0 Å². The van der Waals surface area contributed by atoms with Crippen molar-refractivity contribution in [3.63, 3.8) is 0 Å². The Morgan fingerprint density at radius 2 is 1.94 bits per heavy atom. The van der Waals surface area contributed by atoms with Crippen molar-refractivity contribution in [2.45, 2.75) is 37.5 Å². The molecule has 1 heterocycles. The summed E-state index contributed by atoms with van der Waals surface area (Å²) in [6, 6.07) is -2.16. The van der Waals surface area contributed by atoms with Crippen LogP contribution >= 0.6 is 0 Å². The Bertz CT molecular complexity index is 358. The van der Waals surface area contributed by atoms with E-state index in [1.54, 1.807) is 0 Å². The van der Waals surface area contributed by atoms with Gasteiger partial charge < -0.3 is 26.0 Å². The zero-order valence-electron chi connectivity index (χ0n) is 9.65. The van der Waals surface area contributed by atoms with Gasteiger partial charge in [-0.05, 0) is 6.42 Å². The highest BCUT2D eigenvalue weighted by Crippen LogP contribution is 2.19. The SMILES string of the molecule is N[C@@H](CCC(=O)O)C(=O)N1C[C@H](O)C[C@H]1C(=O)O. The zero-order valence-corrected chi connectivity index (χ0v) is 9.65. The van der Waals surface area contributed by atoms with E-state index in [0.29, 0.717) is 0 Å². The minimum atomic E-state index is -1.20. The van der Waals surface area contributed by atoms with E-state index in [0.717, 1.165) is 4.90 Å². The van der Waals surface area contributed by atoms with E-state index in [-0.39, 0.29) is 25.8 Å². The highest BCUT2D eigenvalue weighted by atomic mass is 16.4. The van der Waals surface area contributed by atoms with Crippen molar-refractivity contribution in [3.05, 3.63) is 0 Å². The second-order valence-corrected chi connectivity index (χ2v) is 4.27. The van der Waals surface area contributed by atoms with Crippen LogP contribution in [-0.4, -0.2) is 62.8 Å². The number of carbonyl (C=O) groups excluding carboxylic acids is 1. The number of likely N-dealkylation sites (tertiary alicyclic amines) is 1. The van der Waals surface area contributed by atoms with Crippen molar-refractivity contribution < 1.29 is 29.7 Å². The lowest BCUT2D eigenvalue weighted by atomic mass is 10.1. The molecule has 102 valence electrons. The van der Waals surface area contributed by atoms with E-state index in [2.05, 4.69) is 0 Å². The molecule has 0 radical (unpaired) electrons. The predicted octanol–water partition coefficient (Wildman–Crippen LogP) is -1.78. The lowest BCUT2D eigenvalue weighted by Crippen LogP contribution is -2.48. The molecule has 1 aliphatic heterocycles. The summed E-state index contributed by atoms with van der Waals surface area (Å²) < 4.78 is 0. The number of rotatable bonds is 5. The van der Waals surface area contributed by atoms with Crippen LogP contribution in [0, 0.1) is 0 Å². The first kappa shape index (κ1) is 14.4.